The van der Waals surface area contributed by atoms with Crippen LogP contribution in [0.3, 0.4) is 0 Å². The maximum Gasteiger partial charge on any atom is 0.268 e. The highest BCUT2D eigenvalue weighted by molar-refractivity contribution is 7.45. The Kier molecular flexibility index (Phi) is 54.8. The number of amides is 1. The molecule has 0 heterocycles. The molecule has 3 atom stereocenters. The van der Waals surface area contributed by atoms with Gasteiger partial charge in [0.15, 0.2) is 0 Å². The van der Waals surface area contributed by atoms with Gasteiger partial charge >= 0.3 is 0 Å². The lowest BCUT2D eigenvalue weighted by atomic mass is 10.0. The fraction of sp³-hybridized carbons (Fsp3) is 0.662. The Balaban J connectivity index is 4.32. The zero-order valence-corrected chi connectivity index (χ0v) is 51.0. The molecule has 77 heavy (non-hydrogen) atoms. The summed E-state index contributed by atoms with van der Waals surface area (Å²) in [6.07, 6.45) is 86.8. The highest BCUT2D eigenvalue weighted by atomic mass is 31.2. The number of phosphoric acid groups is 1. The van der Waals surface area contributed by atoms with Gasteiger partial charge in [0.1, 0.15) is 13.2 Å². The van der Waals surface area contributed by atoms with E-state index in [1.54, 1.807) is 6.08 Å². The topological polar surface area (TPSA) is 108 Å². The van der Waals surface area contributed by atoms with Gasteiger partial charge in [-0.15, -0.1) is 0 Å². The maximum absolute atomic E-state index is 13.0. The zero-order valence-electron chi connectivity index (χ0n) is 50.1. The van der Waals surface area contributed by atoms with Gasteiger partial charge in [-0.1, -0.05) is 270 Å². The van der Waals surface area contributed by atoms with Crippen LogP contribution in [0.1, 0.15) is 239 Å². The van der Waals surface area contributed by atoms with E-state index in [1.165, 1.54) is 116 Å². The summed E-state index contributed by atoms with van der Waals surface area (Å²) in [7, 11) is 1.21. The standard InChI is InChI=1S/C68H117N2O6P/c1-6-8-10-12-14-16-18-20-22-24-26-28-30-31-32-33-34-35-36-37-38-39-40-42-44-46-48-50-52-54-56-58-60-62-68(72)69-66(65-76-77(73,74)75-64-63-70(3,4)5)67(71)61-59-57-55-53-51-49-47-45-43-41-29-27-25-23-21-19-17-15-13-11-9-7-2/h8,10,14,16,20,22,26,28,31-32,34-35,37-38,40,42,46,48,52,54,59,61,66-67,71H,6-7,9,11-13,15,17-19,21,23-25,27,29-30,33,36,39,41,43-45,47,49-51,53,55-58,60,62-65H2,1-5H3,(H-,69,72,73,74)/b10-8-,16-14-,22-20-,28-26-,32-31-,35-34-,38-37-,42-40-,48-46-,54-52-,61-59+. The minimum Gasteiger partial charge on any atom is -0.756 e. The van der Waals surface area contributed by atoms with Crippen LogP contribution in [-0.4, -0.2) is 68.5 Å². The molecule has 0 bridgehead atoms. The van der Waals surface area contributed by atoms with Gasteiger partial charge in [0.2, 0.25) is 5.91 Å². The van der Waals surface area contributed by atoms with Crippen LogP contribution in [0.4, 0.5) is 0 Å². The monoisotopic (exact) mass is 1090 g/mol. The van der Waals surface area contributed by atoms with E-state index in [2.05, 4.69) is 141 Å². The molecule has 440 valence electrons. The molecule has 0 saturated carbocycles. The van der Waals surface area contributed by atoms with Crippen molar-refractivity contribution in [3.63, 3.8) is 0 Å². The molecule has 0 aliphatic rings. The number of rotatable bonds is 55. The van der Waals surface area contributed by atoms with E-state index >= 15 is 0 Å². The van der Waals surface area contributed by atoms with Crippen molar-refractivity contribution < 1.29 is 32.9 Å². The molecular weight excluding hydrogens is 972 g/mol. The number of carbonyl (C=O) groups excluding carboxylic acids is 1. The Morgan fingerprint density at radius 2 is 0.792 bits per heavy atom. The van der Waals surface area contributed by atoms with E-state index in [9.17, 15) is 19.4 Å². The highest BCUT2D eigenvalue weighted by Crippen LogP contribution is 2.38. The van der Waals surface area contributed by atoms with E-state index in [1.807, 2.05) is 27.2 Å². The van der Waals surface area contributed by atoms with Crippen LogP contribution in [0.5, 0.6) is 0 Å². The molecule has 3 unspecified atom stereocenters. The summed E-state index contributed by atoms with van der Waals surface area (Å²) in [5, 5.41) is 13.9. The van der Waals surface area contributed by atoms with E-state index in [0.29, 0.717) is 17.4 Å². The average Bonchev–Trinajstić information content (AvgIpc) is 3.39. The largest absolute Gasteiger partial charge is 0.756 e. The first kappa shape index (κ1) is 73.6. The molecule has 1 amide bonds. The summed E-state index contributed by atoms with van der Waals surface area (Å²) < 4.78 is 23.4. The van der Waals surface area contributed by atoms with Crippen molar-refractivity contribution >= 4 is 13.7 Å². The molecule has 0 aromatic carbocycles. The molecule has 9 heteroatoms. The summed E-state index contributed by atoms with van der Waals surface area (Å²) in [4.78, 5) is 25.5. The summed E-state index contributed by atoms with van der Waals surface area (Å²) in [5.41, 5.74) is 0. The minimum absolute atomic E-state index is 0.0168. The summed E-state index contributed by atoms with van der Waals surface area (Å²) in [6.45, 7) is 4.50. The number of unbranched alkanes of at least 4 members (excludes halogenated alkanes) is 22. The minimum atomic E-state index is -4.62. The van der Waals surface area contributed by atoms with Crippen molar-refractivity contribution in [2.45, 2.75) is 251 Å². The molecule has 0 aromatic rings. The molecule has 0 fully saturated rings. The van der Waals surface area contributed by atoms with E-state index in [4.69, 9.17) is 9.05 Å². The number of aliphatic hydroxyl groups excluding tert-OH is 1. The summed E-state index contributed by atoms with van der Waals surface area (Å²) >= 11 is 0. The van der Waals surface area contributed by atoms with E-state index in [0.717, 1.165) is 96.3 Å². The number of nitrogens with zero attached hydrogens (tertiary/aromatic N) is 1. The van der Waals surface area contributed by atoms with Crippen LogP contribution >= 0.6 is 7.82 Å². The molecule has 0 rings (SSSR count). The Morgan fingerprint density at radius 3 is 1.16 bits per heavy atom. The number of hydrogen-bond acceptors (Lipinski definition) is 6. The van der Waals surface area contributed by atoms with Gasteiger partial charge < -0.3 is 28.8 Å². The second kappa shape index (κ2) is 57.3. The van der Waals surface area contributed by atoms with Gasteiger partial charge in [-0.25, -0.2) is 0 Å². The number of hydrogen-bond donors (Lipinski definition) is 2. The number of carbonyl (C=O) groups is 1. The van der Waals surface area contributed by atoms with Gasteiger partial charge in [0.25, 0.3) is 7.82 Å². The molecule has 0 radical (unpaired) electrons. The summed E-state index contributed by atoms with van der Waals surface area (Å²) in [5.74, 6) is -0.243. The number of nitrogens with one attached hydrogen (secondary N) is 1. The Morgan fingerprint density at radius 1 is 0.468 bits per heavy atom. The molecule has 0 aliphatic carbocycles. The summed E-state index contributed by atoms with van der Waals surface area (Å²) in [6, 6.07) is -0.921. The van der Waals surface area contributed by atoms with Crippen LogP contribution in [0.25, 0.3) is 0 Å². The molecule has 8 nitrogen and oxygen atoms in total. The zero-order chi connectivity index (χ0) is 56.3. The van der Waals surface area contributed by atoms with Gasteiger partial charge in [0.05, 0.1) is 39.9 Å². The van der Waals surface area contributed by atoms with Gasteiger partial charge in [0, 0.05) is 6.42 Å². The lowest BCUT2D eigenvalue weighted by Crippen LogP contribution is -2.45. The smallest absolute Gasteiger partial charge is 0.268 e. The Bertz CT molecular complexity index is 1710. The third-order valence-electron chi connectivity index (χ3n) is 13.1. The van der Waals surface area contributed by atoms with Crippen molar-refractivity contribution in [2.24, 2.45) is 0 Å². The van der Waals surface area contributed by atoms with Gasteiger partial charge in [-0.05, 0) is 96.3 Å². The molecule has 0 saturated heterocycles. The fourth-order valence-corrected chi connectivity index (χ4v) is 9.02. The van der Waals surface area contributed by atoms with Crippen molar-refractivity contribution in [1.82, 2.24) is 5.32 Å². The third kappa shape index (κ3) is 60.1. The highest BCUT2D eigenvalue weighted by Gasteiger charge is 2.23. The first-order valence-electron chi connectivity index (χ1n) is 31.0. The SMILES string of the molecule is CC/C=C\C/C=C\C/C=C\C/C=C\C/C=C\C/C=C\C/C=C\C/C=C\C/C=C\C/C=C\CCCCC(=O)NC(COP(=O)([O-])OCC[N+](C)(C)C)C(O)/C=C/CCCCCCCCCCCCCCCCCCCCCC. The third-order valence-corrected chi connectivity index (χ3v) is 14.1. The molecule has 2 N–H and O–H groups in total. The Labute approximate surface area is 475 Å². The number of phosphoric ester groups is 1. The van der Waals surface area contributed by atoms with Gasteiger partial charge in [-0.2, -0.15) is 0 Å². The van der Waals surface area contributed by atoms with Crippen molar-refractivity contribution in [3.05, 3.63) is 134 Å². The molecule has 0 aromatic heterocycles. The van der Waals surface area contributed by atoms with Crippen molar-refractivity contribution in [1.29, 1.82) is 0 Å². The molecule has 0 aliphatic heterocycles. The number of aliphatic hydroxyl groups is 1. The van der Waals surface area contributed by atoms with Crippen LogP contribution in [-0.2, 0) is 18.4 Å². The molecular formula is C68H117N2O6P. The predicted molar refractivity (Wildman–Crippen MR) is 334 cm³/mol. The quantitative estimate of drug-likeness (QED) is 0.0272. The van der Waals surface area contributed by atoms with E-state index in [-0.39, 0.29) is 18.9 Å². The van der Waals surface area contributed by atoms with E-state index < -0.39 is 26.6 Å². The predicted octanol–water partition coefficient (Wildman–Crippen LogP) is 18.9. The number of quaternary nitrogens is 1. The van der Waals surface area contributed by atoms with Crippen LogP contribution in [0.2, 0.25) is 0 Å². The first-order chi connectivity index (χ1) is 37.5. The second-order valence-corrected chi connectivity index (χ2v) is 23.1. The number of likely N-dealkylation sites (N-methyl/N-ethyl adjacent to an activating group) is 1. The van der Waals surface area contributed by atoms with Crippen LogP contribution in [0.15, 0.2) is 134 Å². The van der Waals surface area contributed by atoms with Gasteiger partial charge in [-0.3, -0.25) is 9.36 Å². The lowest BCUT2D eigenvalue weighted by Gasteiger charge is -2.29. The lowest BCUT2D eigenvalue weighted by molar-refractivity contribution is -0.870. The Hall–Kier alpha value is -3.36. The maximum atomic E-state index is 13.0. The first-order valence-corrected chi connectivity index (χ1v) is 32.5. The van der Waals surface area contributed by atoms with Crippen molar-refractivity contribution in [2.75, 3.05) is 40.9 Å². The second-order valence-electron chi connectivity index (χ2n) is 21.7. The van der Waals surface area contributed by atoms with Crippen LogP contribution in [0, 0.1) is 0 Å². The normalized spacial score (nSPS) is 14.7. The molecule has 0 spiro atoms. The van der Waals surface area contributed by atoms with Crippen molar-refractivity contribution in [3.8, 4) is 0 Å². The fourth-order valence-electron chi connectivity index (χ4n) is 8.30. The van der Waals surface area contributed by atoms with Crippen LogP contribution < -0.4 is 10.2 Å². The number of allylic oxidation sites excluding steroid dienone is 21. The average molecular weight is 1090 g/mol.